The lowest BCUT2D eigenvalue weighted by Crippen LogP contribution is -2.31. The molecule has 0 atom stereocenters. The maximum absolute atomic E-state index is 11.3. The summed E-state index contributed by atoms with van der Waals surface area (Å²) in [6.45, 7) is 0.456. The first-order valence-corrected chi connectivity index (χ1v) is 4.96. The maximum Gasteiger partial charge on any atom is 0.289 e. The van der Waals surface area contributed by atoms with Crippen LogP contribution in [0.2, 0.25) is 0 Å². The molecule has 0 unspecified atom stereocenters. The normalized spacial score (nSPS) is 10.2. The van der Waals surface area contributed by atoms with Crippen LogP contribution in [0, 0.1) is 0 Å². The summed E-state index contributed by atoms with van der Waals surface area (Å²) in [6.07, 6.45) is 0. The van der Waals surface area contributed by atoms with E-state index in [4.69, 9.17) is 11.6 Å². The molecule has 2 rings (SSSR count). The van der Waals surface area contributed by atoms with Crippen LogP contribution >= 0.6 is 0 Å². The van der Waals surface area contributed by atoms with Crippen LogP contribution in [-0.4, -0.2) is 20.9 Å². The Labute approximate surface area is 97.4 Å². The Bertz CT molecular complexity index is 521. The SMILES string of the molecule is NNC(=O)c1nnn(Cc2ccccc2)c1N. The third kappa shape index (κ3) is 2.23. The lowest BCUT2D eigenvalue weighted by molar-refractivity contribution is 0.0949. The Kier molecular flexibility index (Phi) is 3.01. The van der Waals surface area contributed by atoms with Crippen LogP contribution < -0.4 is 17.0 Å². The van der Waals surface area contributed by atoms with Crippen molar-refractivity contribution >= 4 is 11.7 Å². The first-order chi connectivity index (χ1) is 8.22. The largest absolute Gasteiger partial charge is 0.382 e. The summed E-state index contributed by atoms with van der Waals surface area (Å²) in [4.78, 5) is 11.3. The van der Waals surface area contributed by atoms with E-state index in [2.05, 4.69) is 10.3 Å². The van der Waals surface area contributed by atoms with Crippen molar-refractivity contribution in [3.05, 3.63) is 41.6 Å². The van der Waals surface area contributed by atoms with Gasteiger partial charge in [-0.2, -0.15) is 0 Å². The van der Waals surface area contributed by atoms with Gasteiger partial charge in [-0.25, -0.2) is 10.5 Å². The quantitative estimate of drug-likeness (QED) is 0.375. The highest BCUT2D eigenvalue weighted by Crippen LogP contribution is 2.10. The molecule has 1 heterocycles. The van der Waals surface area contributed by atoms with Gasteiger partial charge in [0.15, 0.2) is 11.5 Å². The highest BCUT2D eigenvalue weighted by Gasteiger charge is 2.16. The minimum atomic E-state index is -0.554. The minimum Gasteiger partial charge on any atom is -0.382 e. The molecule has 2 aromatic rings. The van der Waals surface area contributed by atoms with Gasteiger partial charge in [-0.1, -0.05) is 35.5 Å². The monoisotopic (exact) mass is 232 g/mol. The first-order valence-electron chi connectivity index (χ1n) is 4.96. The van der Waals surface area contributed by atoms with Gasteiger partial charge in [0.25, 0.3) is 5.91 Å². The lowest BCUT2D eigenvalue weighted by Gasteiger charge is -2.03. The van der Waals surface area contributed by atoms with Crippen molar-refractivity contribution < 1.29 is 4.79 Å². The van der Waals surface area contributed by atoms with E-state index in [9.17, 15) is 4.79 Å². The average Bonchev–Trinajstić information content (AvgIpc) is 2.72. The van der Waals surface area contributed by atoms with E-state index in [1.807, 2.05) is 35.8 Å². The molecule has 0 fully saturated rings. The number of benzene rings is 1. The van der Waals surface area contributed by atoms with E-state index < -0.39 is 5.91 Å². The van der Waals surface area contributed by atoms with Crippen LogP contribution in [0.1, 0.15) is 16.1 Å². The van der Waals surface area contributed by atoms with Crippen LogP contribution in [0.25, 0.3) is 0 Å². The zero-order chi connectivity index (χ0) is 12.3. The van der Waals surface area contributed by atoms with Crippen molar-refractivity contribution in [2.45, 2.75) is 6.54 Å². The third-order valence-corrected chi connectivity index (χ3v) is 2.29. The molecular formula is C10H12N6O. The lowest BCUT2D eigenvalue weighted by atomic mass is 10.2. The second-order valence-electron chi connectivity index (χ2n) is 3.44. The molecule has 0 radical (unpaired) electrons. The number of carbonyl (C=O) groups is 1. The van der Waals surface area contributed by atoms with Crippen LogP contribution in [0.3, 0.4) is 0 Å². The molecular weight excluding hydrogens is 220 g/mol. The molecule has 0 aliphatic heterocycles. The molecule has 0 spiro atoms. The Morgan fingerprint density at radius 1 is 1.35 bits per heavy atom. The van der Waals surface area contributed by atoms with Crippen molar-refractivity contribution in [2.24, 2.45) is 5.84 Å². The fraction of sp³-hybridized carbons (Fsp3) is 0.100. The minimum absolute atomic E-state index is 0.0310. The number of nitrogens with one attached hydrogen (secondary N) is 1. The number of nitrogens with zero attached hydrogens (tertiary/aromatic N) is 3. The van der Waals surface area contributed by atoms with Gasteiger partial charge in [-0.3, -0.25) is 10.2 Å². The van der Waals surface area contributed by atoms with Crippen LogP contribution in [0.4, 0.5) is 5.82 Å². The topological polar surface area (TPSA) is 112 Å². The Morgan fingerprint density at radius 3 is 2.71 bits per heavy atom. The zero-order valence-corrected chi connectivity index (χ0v) is 9.00. The molecule has 5 N–H and O–H groups in total. The molecule has 0 saturated carbocycles. The van der Waals surface area contributed by atoms with Gasteiger partial charge in [0, 0.05) is 0 Å². The van der Waals surface area contributed by atoms with Gasteiger partial charge in [-0.05, 0) is 5.56 Å². The fourth-order valence-electron chi connectivity index (χ4n) is 1.42. The Balaban J connectivity index is 2.24. The predicted octanol–water partition coefficient (Wildman–Crippen LogP) is -0.488. The summed E-state index contributed by atoms with van der Waals surface area (Å²) >= 11 is 0. The molecule has 1 aromatic heterocycles. The number of nitrogens with two attached hydrogens (primary N) is 2. The molecule has 0 bridgehead atoms. The van der Waals surface area contributed by atoms with E-state index in [0.29, 0.717) is 6.54 Å². The highest BCUT2D eigenvalue weighted by molar-refractivity contribution is 5.95. The van der Waals surface area contributed by atoms with Gasteiger partial charge >= 0.3 is 0 Å². The van der Waals surface area contributed by atoms with E-state index in [1.54, 1.807) is 0 Å². The van der Waals surface area contributed by atoms with Crippen LogP contribution in [-0.2, 0) is 6.54 Å². The van der Waals surface area contributed by atoms with Gasteiger partial charge < -0.3 is 5.73 Å². The summed E-state index contributed by atoms with van der Waals surface area (Å²) in [5.41, 5.74) is 8.76. The number of hydrogen-bond acceptors (Lipinski definition) is 5. The Hall–Kier alpha value is -2.41. The second-order valence-corrected chi connectivity index (χ2v) is 3.44. The Morgan fingerprint density at radius 2 is 2.06 bits per heavy atom. The number of hydrazine groups is 1. The molecule has 7 heteroatoms. The van der Waals surface area contributed by atoms with Gasteiger partial charge in [0.05, 0.1) is 6.54 Å². The number of rotatable bonds is 3. The van der Waals surface area contributed by atoms with Gasteiger partial charge in [0.2, 0.25) is 0 Å². The molecule has 0 aliphatic rings. The van der Waals surface area contributed by atoms with E-state index in [0.717, 1.165) is 5.56 Å². The van der Waals surface area contributed by atoms with Crippen molar-refractivity contribution in [1.29, 1.82) is 0 Å². The van der Waals surface area contributed by atoms with Gasteiger partial charge in [-0.15, -0.1) is 5.10 Å². The first kappa shape index (κ1) is 11.1. The summed E-state index contributed by atoms with van der Waals surface area (Å²) in [6, 6.07) is 9.61. The summed E-state index contributed by atoms with van der Waals surface area (Å²) in [7, 11) is 0. The van der Waals surface area contributed by atoms with E-state index in [1.165, 1.54) is 4.68 Å². The molecule has 88 valence electrons. The number of amides is 1. The van der Waals surface area contributed by atoms with Crippen LogP contribution in [0.15, 0.2) is 30.3 Å². The highest BCUT2D eigenvalue weighted by atomic mass is 16.2. The maximum atomic E-state index is 11.3. The molecule has 17 heavy (non-hydrogen) atoms. The van der Waals surface area contributed by atoms with Crippen molar-refractivity contribution in [3.63, 3.8) is 0 Å². The predicted molar refractivity (Wildman–Crippen MR) is 61.6 cm³/mol. The smallest absolute Gasteiger partial charge is 0.289 e. The molecule has 7 nitrogen and oxygen atoms in total. The number of carbonyl (C=O) groups excluding carboxylic acids is 1. The number of hydrogen-bond donors (Lipinski definition) is 3. The number of anilines is 1. The standard InChI is InChI=1S/C10H12N6O/c11-9-8(10(17)13-12)14-15-16(9)6-7-4-2-1-3-5-7/h1-5H,6,11-12H2,(H,13,17). The number of aromatic nitrogens is 3. The zero-order valence-electron chi connectivity index (χ0n) is 9.00. The fourth-order valence-corrected chi connectivity index (χ4v) is 1.42. The summed E-state index contributed by atoms with van der Waals surface area (Å²) in [5.74, 6) is 4.64. The van der Waals surface area contributed by atoms with Crippen molar-refractivity contribution in [3.8, 4) is 0 Å². The number of nitrogen functional groups attached to an aromatic ring is 2. The van der Waals surface area contributed by atoms with Gasteiger partial charge in [0.1, 0.15) is 0 Å². The molecule has 0 aliphatic carbocycles. The van der Waals surface area contributed by atoms with Crippen molar-refractivity contribution in [2.75, 3.05) is 5.73 Å². The van der Waals surface area contributed by atoms with E-state index >= 15 is 0 Å². The third-order valence-electron chi connectivity index (χ3n) is 2.29. The summed E-state index contributed by atoms with van der Waals surface area (Å²) < 4.78 is 1.44. The molecule has 0 saturated heterocycles. The van der Waals surface area contributed by atoms with Crippen LogP contribution in [0.5, 0.6) is 0 Å². The average molecular weight is 232 g/mol. The second kappa shape index (κ2) is 4.62. The summed E-state index contributed by atoms with van der Waals surface area (Å²) in [5, 5.41) is 7.48. The molecule has 1 amide bonds. The van der Waals surface area contributed by atoms with E-state index in [-0.39, 0.29) is 11.5 Å². The van der Waals surface area contributed by atoms with Crippen molar-refractivity contribution in [1.82, 2.24) is 20.4 Å². The molecule has 1 aromatic carbocycles.